The van der Waals surface area contributed by atoms with Crippen LogP contribution in [0.5, 0.6) is 0 Å². The van der Waals surface area contributed by atoms with Crippen molar-refractivity contribution in [1.29, 1.82) is 0 Å². The average molecular weight is 202 g/mol. The Balaban J connectivity index is 2.34. The quantitative estimate of drug-likeness (QED) is 0.735. The molecule has 0 saturated carbocycles. The summed E-state index contributed by atoms with van der Waals surface area (Å²) < 4.78 is 5.54. The predicted octanol–water partition coefficient (Wildman–Crippen LogP) is 2.28. The molecule has 2 rings (SSSR count). The summed E-state index contributed by atoms with van der Waals surface area (Å²) in [6.07, 6.45) is 0. The van der Waals surface area contributed by atoms with Gasteiger partial charge in [-0.05, 0) is 26.2 Å². The van der Waals surface area contributed by atoms with E-state index in [0.29, 0.717) is 18.2 Å². The van der Waals surface area contributed by atoms with Crippen LogP contribution in [0.3, 0.4) is 0 Å². The Labute approximate surface area is 89.7 Å². The fraction of sp³-hybridized carbons (Fsp3) is 0.250. The fourth-order valence-corrected chi connectivity index (χ4v) is 1.50. The Kier molecular flexibility index (Phi) is 2.56. The summed E-state index contributed by atoms with van der Waals surface area (Å²) in [5.41, 5.74) is 1.91. The number of fused-ring (bicyclic) bond motifs is 1. The van der Waals surface area contributed by atoms with Crippen LogP contribution in [0.2, 0.25) is 0 Å². The van der Waals surface area contributed by atoms with Gasteiger partial charge in [0.15, 0.2) is 0 Å². The molecule has 1 aromatic rings. The molecule has 0 atom stereocenters. The van der Waals surface area contributed by atoms with E-state index in [1.165, 1.54) is 0 Å². The molecule has 15 heavy (non-hydrogen) atoms. The van der Waals surface area contributed by atoms with Gasteiger partial charge in [-0.3, -0.25) is 0 Å². The Morgan fingerprint density at radius 2 is 2.07 bits per heavy atom. The molecule has 0 radical (unpaired) electrons. The average Bonchev–Trinajstić information content (AvgIpc) is 2.16. The van der Waals surface area contributed by atoms with Gasteiger partial charge in [0.2, 0.25) is 5.90 Å². The highest BCUT2D eigenvalue weighted by atomic mass is 16.5. The van der Waals surface area contributed by atoms with Gasteiger partial charge in [-0.2, -0.15) is 0 Å². The summed E-state index contributed by atoms with van der Waals surface area (Å²) in [4.78, 5) is 6.44. The zero-order valence-corrected chi connectivity index (χ0v) is 9.03. The second-order valence-electron chi connectivity index (χ2n) is 3.79. The van der Waals surface area contributed by atoms with Crippen molar-refractivity contribution < 1.29 is 4.74 Å². The highest BCUT2D eigenvalue weighted by Gasteiger charge is 2.16. The van der Waals surface area contributed by atoms with Crippen molar-refractivity contribution >= 4 is 17.3 Å². The van der Waals surface area contributed by atoms with Gasteiger partial charge >= 0.3 is 0 Å². The normalized spacial score (nSPS) is 14.6. The molecule has 0 spiro atoms. The lowest BCUT2D eigenvalue weighted by Crippen LogP contribution is -2.24. The molecule has 0 aromatic heterocycles. The first-order valence-corrected chi connectivity index (χ1v) is 4.85. The minimum absolute atomic E-state index is 0.678. The Bertz CT molecular complexity index is 421. The van der Waals surface area contributed by atoms with Crippen LogP contribution in [0.4, 0.5) is 5.69 Å². The standard InChI is InChI=1S/C12H14N2O/c1-9-10-6-4-5-7-11(10)13-12(15-9)8-14(2)3/h4-7H,1,8H2,2-3H3. The van der Waals surface area contributed by atoms with Crippen molar-refractivity contribution in [3.63, 3.8) is 0 Å². The number of para-hydroxylation sites is 1. The van der Waals surface area contributed by atoms with Crippen LogP contribution in [0.15, 0.2) is 35.8 Å². The molecule has 3 heteroatoms. The first kappa shape index (κ1) is 9.93. The second kappa shape index (κ2) is 3.87. The number of nitrogens with zero attached hydrogens (tertiary/aromatic N) is 2. The molecule has 0 amide bonds. The maximum atomic E-state index is 5.54. The Morgan fingerprint density at radius 3 is 2.80 bits per heavy atom. The molecule has 0 N–H and O–H groups in total. The van der Waals surface area contributed by atoms with Crippen molar-refractivity contribution in [2.75, 3.05) is 20.6 Å². The van der Waals surface area contributed by atoms with E-state index in [-0.39, 0.29) is 0 Å². The summed E-state index contributed by atoms with van der Waals surface area (Å²) in [6, 6.07) is 7.86. The maximum Gasteiger partial charge on any atom is 0.209 e. The molecular formula is C12H14N2O. The lowest BCUT2D eigenvalue weighted by Gasteiger charge is -2.20. The van der Waals surface area contributed by atoms with Crippen LogP contribution in [-0.4, -0.2) is 31.4 Å². The third-order valence-electron chi connectivity index (χ3n) is 2.14. The van der Waals surface area contributed by atoms with Gasteiger partial charge in [0, 0.05) is 5.56 Å². The zero-order valence-electron chi connectivity index (χ0n) is 9.03. The fourth-order valence-electron chi connectivity index (χ4n) is 1.50. The molecule has 1 aliphatic heterocycles. The van der Waals surface area contributed by atoms with Gasteiger partial charge in [-0.25, -0.2) is 4.99 Å². The minimum atomic E-state index is 0.678. The van der Waals surface area contributed by atoms with Crippen LogP contribution in [0.25, 0.3) is 5.76 Å². The van der Waals surface area contributed by atoms with Crippen LogP contribution in [0.1, 0.15) is 5.56 Å². The SMILES string of the molecule is C=C1OC(CN(C)C)=Nc2ccccc21. The first-order chi connectivity index (χ1) is 7.16. The topological polar surface area (TPSA) is 24.8 Å². The van der Waals surface area contributed by atoms with Crippen molar-refractivity contribution in [2.45, 2.75) is 0 Å². The van der Waals surface area contributed by atoms with Crippen LogP contribution < -0.4 is 0 Å². The highest BCUT2D eigenvalue weighted by molar-refractivity contribution is 5.91. The lowest BCUT2D eigenvalue weighted by molar-refractivity contribution is 0.408. The Hall–Kier alpha value is -1.61. The second-order valence-corrected chi connectivity index (χ2v) is 3.79. The highest BCUT2D eigenvalue weighted by Crippen LogP contribution is 2.30. The lowest BCUT2D eigenvalue weighted by atomic mass is 10.1. The van der Waals surface area contributed by atoms with Gasteiger partial charge in [-0.1, -0.05) is 18.7 Å². The third kappa shape index (κ3) is 2.07. The summed E-state index contributed by atoms with van der Waals surface area (Å²) >= 11 is 0. The number of aliphatic imine (C=N–C) groups is 1. The van der Waals surface area contributed by atoms with Crippen molar-refractivity contribution in [3.8, 4) is 0 Å². The predicted molar refractivity (Wildman–Crippen MR) is 62.2 cm³/mol. The van der Waals surface area contributed by atoms with E-state index in [9.17, 15) is 0 Å². The van der Waals surface area contributed by atoms with E-state index in [0.717, 1.165) is 11.3 Å². The van der Waals surface area contributed by atoms with E-state index < -0.39 is 0 Å². The molecule has 0 saturated heterocycles. The van der Waals surface area contributed by atoms with Gasteiger partial charge in [0.05, 0.1) is 12.2 Å². The monoisotopic (exact) mass is 202 g/mol. The van der Waals surface area contributed by atoms with Crippen LogP contribution in [-0.2, 0) is 4.74 Å². The molecule has 0 aliphatic carbocycles. The van der Waals surface area contributed by atoms with Gasteiger partial charge < -0.3 is 9.64 Å². The van der Waals surface area contributed by atoms with E-state index >= 15 is 0 Å². The molecule has 78 valence electrons. The molecule has 0 fully saturated rings. The number of hydrogen-bond donors (Lipinski definition) is 0. The smallest absolute Gasteiger partial charge is 0.209 e. The zero-order chi connectivity index (χ0) is 10.8. The third-order valence-corrected chi connectivity index (χ3v) is 2.14. The molecule has 1 heterocycles. The largest absolute Gasteiger partial charge is 0.441 e. The molecule has 1 aromatic carbocycles. The molecule has 3 nitrogen and oxygen atoms in total. The summed E-state index contributed by atoms with van der Waals surface area (Å²) in [5.74, 6) is 1.38. The van der Waals surface area contributed by atoms with Gasteiger partial charge in [0.1, 0.15) is 5.76 Å². The van der Waals surface area contributed by atoms with Crippen molar-refractivity contribution in [1.82, 2.24) is 4.90 Å². The van der Waals surface area contributed by atoms with E-state index in [2.05, 4.69) is 11.6 Å². The van der Waals surface area contributed by atoms with E-state index in [4.69, 9.17) is 4.74 Å². The number of hydrogen-bond acceptors (Lipinski definition) is 3. The summed E-state index contributed by atoms with van der Waals surface area (Å²) in [7, 11) is 3.96. The van der Waals surface area contributed by atoms with E-state index in [1.807, 2.05) is 43.3 Å². The van der Waals surface area contributed by atoms with Crippen molar-refractivity contribution in [3.05, 3.63) is 36.4 Å². The van der Waals surface area contributed by atoms with Gasteiger partial charge in [-0.15, -0.1) is 0 Å². The maximum absolute atomic E-state index is 5.54. The summed E-state index contributed by atoms with van der Waals surface area (Å²) in [5, 5.41) is 0. The number of rotatable bonds is 2. The van der Waals surface area contributed by atoms with Crippen LogP contribution >= 0.6 is 0 Å². The molecule has 1 aliphatic rings. The van der Waals surface area contributed by atoms with Gasteiger partial charge in [0.25, 0.3) is 0 Å². The van der Waals surface area contributed by atoms with Crippen LogP contribution in [0, 0.1) is 0 Å². The molecule has 0 bridgehead atoms. The molecule has 0 unspecified atom stereocenters. The Morgan fingerprint density at radius 1 is 1.33 bits per heavy atom. The summed E-state index contributed by atoms with van der Waals surface area (Å²) in [6.45, 7) is 4.58. The number of likely N-dealkylation sites (N-methyl/N-ethyl adjacent to an activating group) is 1. The number of benzene rings is 1. The minimum Gasteiger partial charge on any atom is -0.441 e. The molecular weight excluding hydrogens is 188 g/mol. The first-order valence-electron chi connectivity index (χ1n) is 4.85. The van der Waals surface area contributed by atoms with Crippen molar-refractivity contribution in [2.24, 2.45) is 4.99 Å². The van der Waals surface area contributed by atoms with E-state index in [1.54, 1.807) is 0 Å². The number of ether oxygens (including phenoxy) is 1.